The minimum absolute atomic E-state index is 0.113. The first-order chi connectivity index (χ1) is 13.0. The number of hydrogen-bond acceptors (Lipinski definition) is 3. The molecule has 0 radical (unpaired) electrons. The molecule has 0 saturated carbocycles. The van der Waals surface area contributed by atoms with Crippen molar-refractivity contribution in [2.45, 2.75) is 24.9 Å². The number of hydrogen-bond donors (Lipinski definition) is 3. The summed E-state index contributed by atoms with van der Waals surface area (Å²) in [5.74, 6) is -4.27. The number of nitrogens with one attached hydrogen (secondary N) is 2. The van der Waals surface area contributed by atoms with E-state index < -0.39 is 41.5 Å². The zero-order valence-electron chi connectivity index (χ0n) is 14.5. The zero-order chi connectivity index (χ0) is 20.7. The van der Waals surface area contributed by atoms with Gasteiger partial charge in [0.2, 0.25) is 5.72 Å². The van der Waals surface area contributed by atoms with Crippen LogP contribution in [0.4, 0.5) is 22.4 Å². The molecular weight excluding hydrogens is 380 g/mol. The van der Waals surface area contributed by atoms with Crippen molar-refractivity contribution >= 4 is 11.8 Å². The molecule has 2 aromatic rings. The third-order valence-electron chi connectivity index (χ3n) is 4.67. The monoisotopic (exact) mass is 396 g/mol. The zero-order valence-corrected chi connectivity index (χ0v) is 14.5. The number of ketones is 1. The van der Waals surface area contributed by atoms with Crippen molar-refractivity contribution in [3.63, 3.8) is 0 Å². The number of alkyl halides is 3. The topological polar surface area (TPSA) is 78.4 Å². The van der Waals surface area contributed by atoms with Gasteiger partial charge in [0.05, 0.1) is 6.04 Å². The van der Waals surface area contributed by atoms with Gasteiger partial charge in [0.15, 0.2) is 5.78 Å². The van der Waals surface area contributed by atoms with E-state index in [4.69, 9.17) is 0 Å². The van der Waals surface area contributed by atoms with Crippen molar-refractivity contribution in [2.24, 2.45) is 5.92 Å². The molecule has 5 nitrogen and oxygen atoms in total. The fourth-order valence-corrected chi connectivity index (χ4v) is 3.22. The second-order valence-corrected chi connectivity index (χ2v) is 6.57. The molecule has 0 aromatic heterocycles. The van der Waals surface area contributed by atoms with E-state index in [2.05, 4.69) is 5.32 Å². The highest BCUT2D eigenvalue weighted by molar-refractivity contribution is 6.00. The van der Waals surface area contributed by atoms with Crippen LogP contribution >= 0.6 is 0 Å². The van der Waals surface area contributed by atoms with Gasteiger partial charge in [-0.2, -0.15) is 13.2 Å². The lowest BCUT2D eigenvalue weighted by molar-refractivity contribution is -0.287. The lowest BCUT2D eigenvalue weighted by atomic mass is 9.77. The Bertz CT molecular complexity index is 914. The highest BCUT2D eigenvalue weighted by Crippen LogP contribution is 2.44. The van der Waals surface area contributed by atoms with Crippen LogP contribution in [0, 0.1) is 18.7 Å². The Labute approximate surface area is 157 Å². The smallest absolute Gasteiger partial charge is 0.363 e. The molecule has 1 fully saturated rings. The Morgan fingerprint density at radius 2 is 1.71 bits per heavy atom. The fraction of sp³-hybridized carbons (Fsp3) is 0.263. The van der Waals surface area contributed by atoms with Gasteiger partial charge in [-0.3, -0.25) is 4.79 Å². The standard InChI is InChI=1S/C19H16F4N2O3/c1-10-6-8-11(9-7-10)16(26)14-15(12-4-2-3-5-13(12)20)24-17(27)25-18(14,28)19(21,22)23/h2-9,14-15,28H,1H3,(H2,24,25,27)/t14-,15+,18-/m1/s1. The van der Waals surface area contributed by atoms with E-state index in [1.54, 1.807) is 6.92 Å². The molecular formula is C19H16F4N2O3. The van der Waals surface area contributed by atoms with Crippen LogP contribution < -0.4 is 10.6 Å². The number of aryl methyl sites for hydroxylation is 1. The van der Waals surface area contributed by atoms with E-state index in [0.717, 1.165) is 17.7 Å². The molecule has 0 unspecified atom stereocenters. The minimum atomic E-state index is -5.39. The molecule has 2 aromatic carbocycles. The molecule has 3 atom stereocenters. The largest absolute Gasteiger partial charge is 0.437 e. The van der Waals surface area contributed by atoms with Gasteiger partial charge in [-0.25, -0.2) is 9.18 Å². The number of carbonyl (C=O) groups excluding carboxylic acids is 2. The molecule has 9 heteroatoms. The van der Waals surface area contributed by atoms with Gasteiger partial charge in [-0.1, -0.05) is 48.0 Å². The molecule has 3 N–H and O–H groups in total. The Morgan fingerprint density at radius 1 is 1.11 bits per heavy atom. The van der Waals surface area contributed by atoms with Gasteiger partial charge in [-0.15, -0.1) is 0 Å². The molecule has 148 valence electrons. The summed E-state index contributed by atoms with van der Waals surface area (Å²) in [4.78, 5) is 24.9. The highest BCUT2D eigenvalue weighted by atomic mass is 19.4. The molecule has 2 amide bonds. The lowest BCUT2D eigenvalue weighted by Crippen LogP contribution is -2.72. The van der Waals surface area contributed by atoms with E-state index in [-0.39, 0.29) is 11.1 Å². The van der Waals surface area contributed by atoms with Crippen molar-refractivity contribution in [3.8, 4) is 0 Å². The van der Waals surface area contributed by atoms with Gasteiger partial charge in [0.1, 0.15) is 11.7 Å². The first-order valence-electron chi connectivity index (χ1n) is 8.27. The molecule has 0 aliphatic carbocycles. The molecule has 1 aliphatic heterocycles. The van der Waals surface area contributed by atoms with Crippen molar-refractivity contribution in [1.82, 2.24) is 10.6 Å². The SMILES string of the molecule is Cc1ccc(C(=O)[C@H]2[C@H](c3ccccc3F)NC(=O)N[C@]2(O)C(F)(F)F)cc1. The number of rotatable bonds is 3. The van der Waals surface area contributed by atoms with E-state index >= 15 is 0 Å². The Morgan fingerprint density at radius 3 is 2.29 bits per heavy atom. The van der Waals surface area contributed by atoms with Gasteiger partial charge in [0, 0.05) is 11.1 Å². The Kier molecular flexibility index (Phi) is 4.88. The lowest BCUT2D eigenvalue weighted by Gasteiger charge is -2.45. The number of urea groups is 1. The number of benzene rings is 2. The average Bonchev–Trinajstić information content (AvgIpc) is 2.60. The van der Waals surface area contributed by atoms with Crippen molar-refractivity contribution < 1.29 is 32.3 Å². The molecule has 1 heterocycles. The van der Waals surface area contributed by atoms with E-state index in [9.17, 15) is 32.3 Å². The molecule has 0 spiro atoms. The van der Waals surface area contributed by atoms with Crippen LogP contribution in [0.15, 0.2) is 48.5 Å². The summed E-state index contributed by atoms with van der Waals surface area (Å²) in [6, 6.07) is 7.35. The highest BCUT2D eigenvalue weighted by Gasteiger charge is 2.66. The molecule has 0 bridgehead atoms. The van der Waals surface area contributed by atoms with Crippen LogP contribution in [0.25, 0.3) is 0 Å². The number of aliphatic hydroxyl groups is 1. The Hall–Kier alpha value is -2.94. The predicted molar refractivity (Wildman–Crippen MR) is 90.8 cm³/mol. The summed E-state index contributed by atoms with van der Waals surface area (Å²) in [5, 5.41) is 13.9. The molecule has 28 heavy (non-hydrogen) atoms. The van der Waals surface area contributed by atoms with Crippen molar-refractivity contribution in [3.05, 3.63) is 71.0 Å². The Balaban J connectivity index is 2.18. The van der Waals surface area contributed by atoms with Gasteiger partial charge in [0.25, 0.3) is 0 Å². The summed E-state index contributed by atoms with van der Waals surface area (Å²) in [6.45, 7) is 1.73. The normalized spacial score (nSPS) is 25.0. The molecule has 1 saturated heterocycles. The quantitative estimate of drug-likeness (QED) is 0.551. The van der Waals surface area contributed by atoms with Crippen LogP contribution in [0.3, 0.4) is 0 Å². The van der Waals surface area contributed by atoms with Gasteiger partial charge in [-0.05, 0) is 13.0 Å². The van der Waals surface area contributed by atoms with Crippen LogP contribution in [-0.4, -0.2) is 28.8 Å². The van der Waals surface area contributed by atoms with Crippen LogP contribution in [0.5, 0.6) is 0 Å². The van der Waals surface area contributed by atoms with E-state index in [1.165, 1.54) is 41.7 Å². The average molecular weight is 396 g/mol. The maximum Gasteiger partial charge on any atom is 0.437 e. The minimum Gasteiger partial charge on any atom is -0.363 e. The van der Waals surface area contributed by atoms with Crippen LogP contribution in [-0.2, 0) is 0 Å². The third kappa shape index (κ3) is 3.33. The summed E-state index contributed by atoms with van der Waals surface area (Å²) < 4.78 is 55.5. The summed E-state index contributed by atoms with van der Waals surface area (Å²) in [6.07, 6.45) is -5.39. The number of carbonyl (C=O) groups is 2. The molecule has 1 aliphatic rings. The number of amides is 2. The summed E-state index contributed by atoms with van der Waals surface area (Å²) in [7, 11) is 0. The summed E-state index contributed by atoms with van der Waals surface area (Å²) in [5.41, 5.74) is -3.57. The second kappa shape index (κ2) is 6.90. The van der Waals surface area contributed by atoms with E-state index in [1.807, 2.05) is 0 Å². The summed E-state index contributed by atoms with van der Waals surface area (Å²) >= 11 is 0. The number of halogens is 4. The predicted octanol–water partition coefficient (Wildman–Crippen LogP) is 3.24. The maximum absolute atomic E-state index is 14.3. The molecule has 3 rings (SSSR count). The maximum atomic E-state index is 14.3. The fourth-order valence-electron chi connectivity index (χ4n) is 3.22. The second-order valence-electron chi connectivity index (χ2n) is 6.57. The van der Waals surface area contributed by atoms with Crippen molar-refractivity contribution in [2.75, 3.05) is 0 Å². The van der Waals surface area contributed by atoms with Crippen molar-refractivity contribution in [1.29, 1.82) is 0 Å². The third-order valence-corrected chi connectivity index (χ3v) is 4.67. The first kappa shape index (κ1) is 19.8. The van der Waals surface area contributed by atoms with Crippen LogP contribution in [0.2, 0.25) is 0 Å². The first-order valence-corrected chi connectivity index (χ1v) is 8.27. The number of Topliss-reactive ketones (excluding diaryl/α,β-unsaturated/α-hetero) is 1. The van der Waals surface area contributed by atoms with E-state index in [0.29, 0.717) is 0 Å². The van der Waals surface area contributed by atoms with Crippen LogP contribution in [0.1, 0.15) is 27.5 Å². The van der Waals surface area contributed by atoms with Gasteiger partial charge >= 0.3 is 12.2 Å². The van der Waals surface area contributed by atoms with Gasteiger partial charge < -0.3 is 15.7 Å².